The Morgan fingerprint density at radius 3 is 2.69 bits per heavy atom. The molecule has 0 radical (unpaired) electrons. The lowest BCUT2D eigenvalue weighted by atomic mass is 9.69. The third-order valence-corrected chi connectivity index (χ3v) is 4.82. The number of pyridine rings is 1. The van der Waals surface area contributed by atoms with Crippen molar-refractivity contribution >= 4 is 11.8 Å². The molecule has 0 fully saturated rings. The van der Waals surface area contributed by atoms with Gasteiger partial charge in [0.1, 0.15) is 0 Å². The van der Waals surface area contributed by atoms with Crippen molar-refractivity contribution in [2.75, 3.05) is 0 Å². The minimum atomic E-state index is -0.435. The van der Waals surface area contributed by atoms with E-state index in [1.54, 1.807) is 12.4 Å². The van der Waals surface area contributed by atoms with Crippen LogP contribution in [-0.2, 0) is 14.3 Å². The molecule has 3 rings (SSSR count). The molecule has 0 saturated carbocycles. The Kier molecular flexibility index (Phi) is 4.74. The predicted molar refractivity (Wildman–Crippen MR) is 99.1 cm³/mol. The van der Waals surface area contributed by atoms with Gasteiger partial charge in [-0.1, -0.05) is 19.9 Å². The summed E-state index contributed by atoms with van der Waals surface area (Å²) in [7, 11) is 0. The number of allylic oxidation sites excluding steroid dienone is 3. The van der Waals surface area contributed by atoms with Gasteiger partial charge in [0, 0.05) is 41.7 Å². The monoisotopic (exact) mass is 354 g/mol. The summed E-state index contributed by atoms with van der Waals surface area (Å²) in [5, 5.41) is 3.33. The minimum Gasteiger partial charge on any atom is -0.460 e. The van der Waals surface area contributed by atoms with Crippen LogP contribution >= 0.6 is 0 Å². The van der Waals surface area contributed by atoms with E-state index in [1.165, 1.54) is 0 Å². The Balaban J connectivity index is 2.14. The fourth-order valence-electron chi connectivity index (χ4n) is 3.86. The van der Waals surface area contributed by atoms with Crippen LogP contribution in [0.25, 0.3) is 0 Å². The van der Waals surface area contributed by atoms with Crippen LogP contribution in [0.2, 0.25) is 0 Å². The Labute approximate surface area is 154 Å². The summed E-state index contributed by atoms with van der Waals surface area (Å²) in [4.78, 5) is 30.1. The van der Waals surface area contributed by atoms with Crippen molar-refractivity contribution in [3.05, 3.63) is 52.6 Å². The molecule has 1 aromatic rings. The number of carbonyl (C=O) groups is 2. The topological polar surface area (TPSA) is 68.3 Å². The number of aromatic nitrogens is 1. The van der Waals surface area contributed by atoms with E-state index < -0.39 is 5.92 Å². The maximum Gasteiger partial charge on any atom is 0.337 e. The lowest BCUT2D eigenvalue weighted by Gasteiger charge is -2.39. The molecule has 1 aliphatic heterocycles. The molecule has 0 unspecified atom stereocenters. The fourth-order valence-corrected chi connectivity index (χ4v) is 3.86. The molecule has 5 heteroatoms. The number of dihydropyridines is 1. The number of hydrogen-bond donors (Lipinski definition) is 1. The van der Waals surface area contributed by atoms with Crippen LogP contribution in [-0.4, -0.2) is 22.8 Å². The Bertz CT molecular complexity index is 804. The number of rotatable bonds is 3. The molecule has 5 nitrogen and oxygen atoms in total. The van der Waals surface area contributed by atoms with Gasteiger partial charge in [-0.3, -0.25) is 9.78 Å². The zero-order valence-electron chi connectivity index (χ0n) is 16.1. The number of Topliss-reactive ketones (excluding diaryl/α,β-unsaturated/α-hetero) is 1. The van der Waals surface area contributed by atoms with Gasteiger partial charge in [-0.2, -0.15) is 0 Å². The molecular weight excluding hydrogens is 328 g/mol. The average Bonchev–Trinajstić information content (AvgIpc) is 2.52. The largest absolute Gasteiger partial charge is 0.460 e. The van der Waals surface area contributed by atoms with E-state index in [0.717, 1.165) is 23.4 Å². The molecule has 0 saturated heterocycles. The second kappa shape index (κ2) is 6.71. The van der Waals surface area contributed by atoms with E-state index in [1.807, 2.05) is 32.9 Å². The lowest BCUT2D eigenvalue weighted by Crippen LogP contribution is -2.39. The number of ketones is 1. The van der Waals surface area contributed by atoms with Crippen molar-refractivity contribution in [2.45, 2.75) is 59.5 Å². The van der Waals surface area contributed by atoms with Crippen LogP contribution in [0.5, 0.6) is 0 Å². The third-order valence-electron chi connectivity index (χ3n) is 4.82. The third kappa shape index (κ3) is 3.43. The van der Waals surface area contributed by atoms with Crippen molar-refractivity contribution in [3.63, 3.8) is 0 Å². The highest BCUT2D eigenvalue weighted by Crippen LogP contribution is 2.46. The minimum absolute atomic E-state index is 0.0833. The lowest BCUT2D eigenvalue weighted by molar-refractivity contribution is -0.143. The molecule has 1 atom stereocenters. The number of nitrogens with one attached hydrogen (secondary N) is 1. The second-order valence-electron chi connectivity index (χ2n) is 8.17. The molecule has 26 heavy (non-hydrogen) atoms. The molecule has 2 heterocycles. The zero-order chi connectivity index (χ0) is 19.1. The fraction of sp³-hybridized carbons (Fsp3) is 0.476. The molecule has 1 aliphatic carbocycles. The van der Waals surface area contributed by atoms with Crippen molar-refractivity contribution in [1.82, 2.24) is 10.3 Å². The molecular formula is C21H26N2O3. The van der Waals surface area contributed by atoms with Crippen molar-refractivity contribution in [3.8, 4) is 0 Å². The molecule has 2 aliphatic rings. The standard InChI is InChI=1S/C21H26N2O3/c1-12(2)26-20(25)17-13(3)23-15-9-21(4,5)10-16(24)19(15)18(17)14-7-6-8-22-11-14/h6-8,11-12,18,23H,9-10H2,1-5H3/t18-/m1/s1. The summed E-state index contributed by atoms with van der Waals surface area (Å²) in [5.41, 5.74) is 3.58. The maximum absolute atomic E-state index is 13.0. The predicted octanol–water partition coefficient (Wildman–Crippen LogP) is 3.64. The summed E-state index contributed by atoms with van der Waals surface area (Å²) >= 11 is 0. The van der Waals surface area contributed by atoms with Gasteiger partial charge >= 0.3 is 5.97 Å². The molecule has 0 amide bonds. The molecule has 1 N–H and O–H groups in total. The normalized spacial score (nSPS) is 22.2. The van der Waals surface area contributed by atoms with Crippen LogP contribution in [0.15, 0.2) is 47.1 Å². The molecule has 0 spiro atoms. The van der Waals surface area contributed by atoms with Gasteiger partial charge in [0.15, 0.2) is 5.78 Å². The molecule has 138 valence electrons. The van der Waals surface area contributed by atoms with E-state index in [0.29, 0.717) is 17.6 Å². The zero-order valence-corrected chi connectivity index (χ0v) is 16.1. The van der Waals surface area contributed by atoms with Crippen molar-refractivity contribution in [2.24, 2.45) is 5.41 Å². The van der Waals surface area contributed by atoms with Gasteiger partial charge in [-0.05, 0) is 44.2 Å². The van der Waals surface area contributed by atoms with E-state index >= 15 is 0 Å². The van der Waals surface area contributed by atoms with Crippen LogP contribution in [0.3, 0.4) is 0 Å². The van der Waals surface area contributed by atoms with Crippen molar-refractivity contribution in [1.29, 1.82) is 0 Å². The van der Waals surface area contributed by atoms with Gasteiger partial charge in [0.05, 0.1) is 11.7 Å². The highest BCUT2D eigenvalue weighted by Gasteiger charge is 2.43. The summed E-state index contributed by atoms with van der Waals surface area (Å²) < 4.78 is 5.48. The first kappa shape index (κ1) is 18.4. The Morgan fingerprint density at radius 2 is 2.08 bits per heavy atom. The first-order valence-corrected chi connectivity index (χ1v) is 9.04. The summed E-state index contributed by atoms with van der Waals surface area (Å²) in [6, 6.07) is 3.74. The first-order chi connectivity index (χ1) is 12.2. The number of esters is 1. The quantitative estimate of drug-likeness (QED) is 0.840. The molecule has 0 bridgehead atoms. The first-order valence-electron chi connectivity index (χ1n) is 9.04. The highest BCUT2D eigenvalue weighted by molar-refractivity contribution is 6.04. The van der Waals surface area contributed by atoms with Crippen LogP contribution in [0.1, 0.15) is 58.9 Å². The van der Waals surface area contributed by atoms with Gasteiger partial charge in [0.2, 0.25) is 0 Å². The van der Waals surface area contributed by atoms with Gasteiger partial charge in [0.25, 0.3) is 0 Å². The maximum atomic E-state index is 13.0. The van der Waals surface area contributed by atoms with E-state index in [2.05, 4.69) is 24.1 Å². The van der Waals surface area contributed by atoms with Crippen LogP contribution in [0.4, 0.5) is 0 Å². The molecule has 1 aromatic heterocycles. The number of carbonyl (C=O) groups excluding carboxylic acids is 2. The highest BCUT2D eigenvalue weighted by atomic mass is 16.5. The van der Waals surface area contributed by atoms with Gasteiger partial charge in [-0.15, -0.1) is 0 Å². The average molecular weight is 354 g/mol. The van der Waals surface area contributed by atoms with Crippen LogP contribution < -0.4 is 5.32 Å². The number of hydrogen-bond acceptors (Lipinski definition) is 5. The van der Waals surface area contributed by atoms with E-state index in [-0.39, 0.29) is 23.3 Å². The summed E-state index contributed by atoms with van der Waals surface area (Å²) in [6.07, 6.45) is 4.43. The summed E-state index contributed by atoms with van der Waals surface area (Å²) in [5.74, 6) is -0.738. The van der Waals surface area contributed by atoms with E-state index in [4.69, 9.17) is 4.74 Å². The van der Waals surface area contributed by atoms with E-state index in [9.17, 15) is 9.59 Å². The smallest absolute Gasteiger partial charge is 0.337 e. The Hall–Kier alpha value is -2.43. The van der Waals surface area contributed by atoms with Gasteiger partial charge < -0.3 is 10.1 Å². The molecule has 0 aromatic carbocycles. The van der Waals surface area contributed by atoms with Gasteiger partial charge in [-0.25, -0.2) is 4.79 Å². The summed E-state index contributed by atoms with van der Waals surface area (Å²) in [6.45, 7) is 9.70. The Morgan fingerprint density at radius 1 is 1.35 bits per heavy atom. The second-order valence-corrected chi connectivity index (χ2v) is 8.17. The number of nitrogens with zero attached hydrogens (tertiary/aromatic N) is 1. The number of ether oxygens (including phenoxy) is 1. The van der Waals surface area contributed by atoms with Crippen LogP contribution in [0, 0.1) is 5.41 Å². The SMILES string of the molecule is CC1=C(C(=O)OC(C)C)[C@@H](c2cccnc2)C2=C(CC(C)(C)CC2=O)N1. The van der Waals surface area contributed by atoms with Crippen molar-refractivity contribution < 1.29 is 14.3 Å².